The summed E-state index contributed by atoms with van der Waals surface area (Å²) in [4.78, 5) is 6.67. The van der Waals surface area contributed by atoms with E-state index < -0.39 is 10.0 Å². The molecular weight excluding hydrogens is 366 g/mol. The topological polar surface area (TPSA) is 103 Å². The van der Waals surface area contributed by atoms with Gasteiger partial charge >= 0.3 is 0 Å². The minimum Gasteiger partial charge on any atom is -0.372 e. The third-order valence-corrected chi connectivity index (χ3v) is 5.50. The number of morpholine rings is 1. The maximum atomic E-state index is 11.4. The van der Waals surface area contributed by atoms with Crippen LogP contribution in [-0.4, -0.2) is 48.3 Å². The van der Waals surface area contributed by atoms with Crippen LogP contribution in [-0.2, 0) is 14.8 Å². The summed E-state index contributed by atoms with van der Waals surface area (Å²) in [5.74, 6) is 0.852. The fourth-order valence-electron chi connectivity index (χ4n) is 3.41. The molecule has 27 heavy (non-hydrogen) atoms. The first kappa shape index (κ1) is 17.9. The molecule has 142 valence electrons. The van der Waals surface area contributed by atoms with E-state index in [1.54, 1.807) is 22.8 Å². The molecule has 4 rings (SSSR count). The van der Waals surface area contributed by atoms with Gasteiger partial charge in [-0.1, -0.05) is 12.1 Å². The van der Waals surface area contributed by atoms with Crippen LogP contribution in [0.15, 0.2) is 47.5 Å². The molecule has 2 N–H and O–H groups in total. The Kier molecular flexibility index (Phi) is 4.37. The van der Waals surface area contributed by atoms with Crippen LogP contribution in [0.5, 0.6) is 0 Å². The van der Waals surface area contributed by atoms with Gasteiger partial charge in [0.25, 0.3) is 0 Å². The second kappa shape index (κ2) is 6.59. The number of aromatic nitrogens is 3. The van der Waals surface area contributed by atoms with Crippen LogP contribution in [0.3, 0.4) is 0 Å². The van der Waals surface area contributed by atoms with E-state index in [-0.39, 0.29) is 17.1 Å². The van der Waals surface area contributed by atoms with Crippen LogP contribution in [0.2, 0.25) is 0 Å². The molecule has 9 heteroatoms. The largest absolute Gasteiger partial charge is 0.372 e. The van der Waals surface area contributed by atoms with E-state index in [0.29, 0.717) is 0 Å². The van der Waals surface area contributed by atoms with Crippen molar-refractivity contribution in [3.05, 3.63) is 42.6 Å². The van der Waals surface area contributed by atoms with Crippen LogP contribution in [0.4, 0.5) is 5.82 Å². The molecule has 2 atom stereocenters. The van der Waals surface area contributed by atoms with Gasteiger partial charge in [0.1, 0.15) is 5.82 Å². The quantitative estimate of drug-likeness (QED) is 0.733. The molecule has 0 bridgehead atoms. The summed E-state index contributed by atoms with van der Waals surface area (Å²) in [6, 6.07) is 10.3. The molecule has 1 saturated heterocycles. The van der Waals surface area contributed by atoms with Gasteiger partial charge in [0.05, 0.1) is 29.0 Å². The Morgan fingerprint density at radius 2 is 1.74 bits per heavy atom. The minimum atomic E-state index is -3.72. The Bertz CT molecular complexity index is 1070. The number of nitrogens with two attached hydrogens (primary N) is 1. The predicted molar refractivity (Wildman–Crippen MR) is 102 cm³/mol. The number of benzene rings is 1. The van der Waals surface area contributed by atoms with Gasteiger partial charge in [-0.15, -0.1) is 5.10 Å². The van der Waals surface area contributed by atoms with Crippen molar-refractivity contribution < 1.29 is 13.2 Å². The molecule has 0 amide bonds. The lowest BCUT2D eigenvalue weighted by atomic mass is 10.2. The molecule has 1 aliphatic heterocycles. The Hall–Kier alpha value is -2.49. The fourth-order valence-corrected chi connectivity index (χ4v) is 3.92. The number of imidazole rings is 1. The molecule has 0 radical (unpaired) electrons. The molecular formula is C18H21N5O3S. The molecule has 0 spiro atoms. The lowest BCUT2D eigenvalue weighted by molar-refractivity contribution is -0.00551. The summed E-state index contributed by atoms with van der Waals surface area (Å²) in [7, 11) is -3.72. The van der Waals surface area contributed by atoms with E-state index in [4.69, 9.17) is 15.0 Å². The molecule has 1 fully saturated rings. The first-order chi connectivity index (χ1) is 12.8. The Morgan fingerprint density at radius 3 is 2.37 bits per heavy atom. The van der Waals surface area contributed by atoms with Gasteiger partial charge in [-0.3, -0.25) is 0 Å². The second-order valence-corrected chi connectivity index (χ2v) is 8.40. The Labute approximate surface area is 157 Å². The number of primary sulfonamides is 1. The van der Waals surface area contributed by atoms with Gasteiger partial charge in [0.15, 0.2) is 5.65 Å². The number of anilines is 1. The van der Waals surface area contributed by atoms with Crippen molar-refractivity contribution in [3.63, 3.8) is 0 Å². The maximum absolute atomic E-state index is 11.4. The third kappa shape index (κ3) is 3.53. The van der Waals surface area contributed by atoms with Crippen LogP contribution in [0.1, 0.15) is 13.8 Å². The van der Waals surface area contributed by atoms with Gasteiger partial charge in [0.2, 0.25) is 10.0 Å². The van der Waals surface area contributed by atoms with E-state index in [1.807, 2.05) is 12.1 Å². The zero-order valence-corrected chi connectivity index (χ0v) is 15.9. The molecule has 0 unspecified atom stereocenters. The number of hydrogen-bond donors (Lipinski definition) is 1. The number of hydrogen-bond acceptors (Lipinski definition) is 6. The number of fused-ring (bicyclic) bond motifs is 1. The van der Waals surface area contributed by atoms with Crippen molar-refractivity contribution >= 4 is 21.5 Å². The van der Waals surface area contributed by atoms with Crippen molar-refractivity contribution in [2.24, 2.45) is 5.14 Å². The molecule has 3 heterocycles. The van der Waals surface area contributed by atoms with Crippen molar-refractivity contribution in [2.75, 3.05) is 18.0 Å². The second-order valence-electron chi connectivity index (χ2n) is 6.84. The van der Waals surface area contributed by atoms with Crippen molar-refractivity contribution in [1.29, 1.82) is 0 Å². The van der Waals surface area contributed by atoms with Gasteiger partial charge in [0, 0.05) is 18.7 Å². The van der Waals surface area contributed by atoms with Crippen molar-refractivity contribution in [2.45, 2.75) is 31.0 Å². The van der Waals surface area contributed by atoms with E-state index in [2.05, 4.69) is 23.7 Å². The highest BCUT2D eigenvalue weighted by atomic mass is 32.2. The van der Waals surface area contributed by atoms with Crippen molar-refractivity contribution in [3.8, 4) is 11.3 Å². The van der Waals surface area contributed by atoms with Crippen LogP contribution >= 0.6 is 0 Å². The number of nitrogens with zero attached hydrogens (tertiary/aromatic N) is 4. The number of rotatable bonds is 3. The molecule has 3 aromatic rings. The summed E-state index contributed by atoms with van der Waals surface area (Å²) in [6.45, 7) is 5.65. The summed E-state index contributed by atoms with van der Waals surface area (Å²) in [5, 5.41) is 9.92. The first-order valence-corrected chi connectivity index (χ1v) is 10.2. The average Bonchev–Trinajstić information content (AvgIpc) is 3.03. The summed E-state index contributed by atoms with van der Waals surface area (Å²) >= 11 is 0. The van der Waals surface area contributed by atoms with E-state index in [1.165, 1.54) is 12.1 Å². The number of ether oxygens (including phenoxy) is 1. The highest BCUT2D eigenvalue weighted by molar-refractivity contribution is 7.89. The zero-order valence-electron chi connectivity index (χ0n) is 15.1. The van der Waals surface area contributed by atoms with Gasteiger partial charge in [-0.05, 0) is 38.1 Å². The van der Waals surface area contributed by atoms with Crippen molar-refractivity contribution in [1.82, 2.24) is 14.6 Å². The zero-order chi connectivity index (χ0) is 19.2. The van der Waals surface area contributed by atoms with Crippen LogP contribution < -0.4 is 10.0 Å². The van der Waals surface area contributed by atoms with E-state index >= 15 is 0 Å². The van der Waals surface area contributed by atoms with E-state index in [9.17, 15) is 8.42 Å². The van der Waals surface area contributed by atoms with Gasteiger partial charge in [-0.25, -0.2) is 23.1 Å². The lowest BCUT2D eigenvalue weighted by Gasteiger charge is -2.35. The van der Waals surface area contributed by atoms with Gasteiger partial charge in [-0.2, -0.15) is 0 Å². The maximum Gasteiger partial charge on any atom is 0.238 e. The molecule has 0 saturated carbocycles. The molecule has 8 nitrogen and oxygen atoms in total. The molecule has 1 aromatic carbocycles. The normalized spacial score (nSPS) is 20.9. The smallest absolute Gasteiger partial charge is 0.238 e. The third-order valence-electron chi connectivity index (χ3n) is 4.57. The SMILES string of the molecule is C[C@@H]1CN(c2ccc3ncc(-c4ccc(S(N)(=O)=O)cc4)n3n2)C[C@H](C)O1. The number of sulfonamides is 1. The molecule has 1 aliphatic rings. The monoisotopic (exact) mass is 387 g/mol. The summed E-state index contributed by atoms with van der Waals surface area (Å²) in [6.07, 6.45) is 2.00. The average molecular weight is 387 g/mol. The fraction of sp³-hybridized carbons (Fsp3) is 0.333. The Balaban J connectivity index is 1.72. The van der Waals surface area contributed by atoms with Gasteiger partial charge < -0.3 is 9.64 Å². The molecule has 2 aromatic heterocycles. The summed E-state index contributed by atoms with van der Waals surface area (Å²) < 4.78 is 30.5. The van der Waals surface area contributed by atoms with Crippen LogP contribution in [0.25, 0.3) is 16.9 Å². The van der Waals surface area contributed by atoms with E-state index in [0.717, 1.165) is 35.8 Å². The summed E-state index contributed by atoms with van der Waals surface area (Å²) in [5.41, 5.74) is 2.31. The van der Waals surface area contributed by atoms with Crippen LogP contribution in [0, 0.1) is 0 Å². The minimum absolute atomic E-state index is 0.0741. The highest BCUT2D eigenvalue weighted by Gasteiger charge is 2.23. The Morgan fingerprint density at radius 1 is 1.07 bits per heavy atom. The molecule has 0 aliphatic carbocycles. The highest BCUT2D eigenvalue weighted by Crippen LogP contribution is 2.24. The standard InChI is InChI=1S/C18H21N5O3S/c1-12-10-22(11-13(2)26-12)18-8-7-17-20-9-16(23(17)21-18)14-3-5-15(6-4-14)27(19,24)25/h3-9,12-13H,10-11H2,1-2H3,(H2,19,24,25)/t12-,13+. The lowest BCUT2D eigenvalue weighted by Crippen LogP contribution is -2.46. The predicted octanol–water partition coefficient (Wildman–Crippen LogP) is 1.66. The first-order valence-electron chi connectivity index (χ1n) is 8.70.